The van der Waals surface area contributed by atoms with E-state index in [4.69, 9.17) is 5.73 Å². The lowest BCUT2D eigenvalue weighted by Crippen LogP contribution is -2.49. The average Bonchev–Trinajstić information content (AvgIpc) is 2.49. The number of carbonyl (C=O) groups excluding carboxylic acids is 1. The number of thioether (sulfide) groups is 1. The molecule has 116 valence electrons. The standard InChI is InChI=1S/C17H26N2OS/c1-13-3-5-16(6-4-13)21-10-8-17(20)19-9-7-14(2)11-15(19)12-18/h3-6,14-15H,7-12,18H2,1-2H3. The highest BCUT2D eigenvalue weighted by molar-refractivity contribution is 7.99. The molecule has 3 nitrogen and oxygen atoms in total. The number of nitrogens with zero attached hydrogens (tertiary/aromatic N) is 1. The molecule has 1 aromatic rings. The van der Waals surface area contributed by atoms with E-state index in [1.165, 1.54) is 10.5 Å². The maximum atomic E-state index is 12.4. The van der Waals surface area contributed by atoms with Crippen LogP contribution >= 0.6 is 11.8 Å². The predicted molar refractivity (Wildman–Crippen MR) is 89.5 cm³/mol. The van der Waals surface area contributed by atoms with Gasteiger partial charge < -0.3 is 10.6 Å². The second-order valence-electron chi connectivity index (χ2n) is 6.02. The van der Waals surface area contributed by atoms with Gasteiger partial charge in [0.15, 0.2) is 0 Å². The van der Waals surface area contributed by atoms with Crippen LogP contribution < -0.4 is 5.73 Å². The zero-order valence-electron chi connectivity index (χ0n) is 13.0. The van der Waals surface area contributed by atoms with Gasteiger partial charge >= 0.3 is 0 Å². The van der Waals surface area contributed by atoms with Crippen LogP contribution in [0.25, 0.3) is 0 Å². The Morgan fingerprint density at radius 2 is 2.10 bits per heavy atom. The molecule has 2 N–H and O–H groups in total. The van der Waals surface area contributed by atoms with Gasteiger partial charge in [0, 0.05) is 36.2 Å². The number of likely N-dealkylation sites (tertiary alicyclic amines) is 1. The van der Waals surface area contributed by atoms with E-state index in [1.54, 1.807) is 11.8 Å². The first kappa shape index (κ1) is 16.4. The maximum absolute atomic E-state index is 12.4. The molecule has 0 radical (unpaired) electrons. The van der Waals surface area contributed by atoms with E-state index in [9.17, 15) is 4.79 Å². The van der Waals surface area contributed by atoms with E-state index in [0.717, 1.165) is 25.1 Å². The van der Waals surface area contributed by atoms with Crippen molar-refractivity contribution in [2.24, 2.45) is 11.7 Å². The third-order valence-corrected chi connectivity index (χ3v) is 5.19. The van der Waals surface area contributed by atoms with Crippen LogP contribution in [0.2, 0.25) is 0 Å². The molecular weight excluding hydrogens is 280 g/mol. The van der Waals surface area contributed by atoms with Crippen molar-refractivity contribution >= 4 is 17.7 Å². The molecule has 1 aliphatic rings. The van der Waals surface area contributed by atoms with Gasteiger partial charge in [-0.2, -0.15) is 0 Å². The first-order chi connectivity index (χ1) is 10.1. The summed E-state index contributed by atoms with van der Waals surface area (Å²) in [6.07, 6.45) is 2.75. The van der Waals surface area contributed by atoms with Crippen molar-refractivity contribution < 1.29 is 4.79 Å². The highest BCUT2D eigenvalue weighted by Crippen LogP contribution is 2.24. The van der Waals surface area contributed by atoms with Gasteiger partial charge in [0.25, 0.3) is 0 Å². The predicted octanol–water partition coefficient (Wildman–Crippen LogP) is 3.06. The van der Waals surface area contributed by atoms with E-state index >= 15 is 0 Å². The minimum absolute atomic E-state index is 0.241. The summed E-state index contributed by atoms with van der Waals surface area (Å²) in [7, 11) is 0. The fourth-order valence-corrected chi connectivity index (χ4v) is 3.68. The van der Waals surface area contributed by atoms with Crippen molar-refractivity contribution in [2.45, 2.75) is 44.0 Å². The Hall–Kier alpha value is -1.00. The smallest absolute Gasteiger partial charge is 0.223 e. The van der Waals surface area contributed by atoms with Gasteiger partial charge in [-0.25, -0.2) is 0 Å². The van der Waals surface area contributed by atoms with Gasteiger partial charge in [0.05, 0.1) is 0 Å². The highest BCUT2D eigenvalue weighted by Gasteiger charge is 2.28. The van der Waals surface area contributed by atoms with Gasteiger partial charge in [-0.3, -0.25) is 4.79 Å². The molecule has 1 saturated heterocycles. The average molecular weight is 306 g/mol. The Morgan fingerprint density at radius 1 is 1.38 bits per heavy atom. The minimum atomic E-state index is 0.241. The van der Waals surface area contributed by atoms with Crippen LogP contribution in [-0.4, -0.2) is 35.7 Å². The molecule has 0 bridgehead atoms. The van der Waals surface area contributed by atoms with Crippen LogP contribution in [0.15, 0.2) is 29.2 Å². The molecule has 2 unspecified atom stereocenters. The zero-order chi connectivity index (χ0) is 15.2. The summed E-state index contributed by atoms with van der Waals surface area (Å²) in [5.41, 5.74) is 7.10. The number of amides is 1. The SMILES string of the molecule is Cc1ccc(SCCC(=O)N2CCC(C)CC2CN)cc1. The van der Waals surface area contributed by atoms with Gasteiger partial charge in [0.1, 0.15) is 0 Å². The number of nitrogens with two attached hydrogens (primary N) is 1. The quantitative estimate of drug-likeness (QED) is 0.851. The second kappa shape index (κ2) is 7.85. The molecule has 1 aliphatic heterocycles. The lowest BCUT2D eigenvalue weighted by Gasteiger charge is -2.38. The van der Waals surface area contributed by atoms with Crippen molar-refractivity contribution in [2.75, 3.05) is 18.8 Å². The van der Waals surface area contributed by atoms with Gasteiger partial charge in [-0.05, 0) is 37.8 Å². The molecule has 2 atom stereocenters. The van der Waals surface area contributed by atoms with Crippen molar-refractivity contribution in [3.8, 4) is 0 Å². The summed E-state index contributed by atoms with van der Waals surface area (Å²) >= 11 is 1.75. The Morgan fingerprint density at radius 3 is 2.76 bits per heavy atom. The fourth-order valence-electron chi connectivity index (χ4n) is 2.84. The van der Waals surface area contributed by atoms with E-state index in [-0.39, 0.29) is 11.9 Å². The molecule has 2 rings (SSSR count). The molecule has 4 heteroatoms. The number of benzene rings is 1. The Bertz CT molecular complexity index is 460. The summed E-state index contributed by atoms with van der Waals surface area (Å²) in [6.45, 7) is 5.79. The normalized spacial score (nSPS) is 22.3. The van der Waals surface area contributed by atoms with Crippen molar-refractivity contribution in [3.63, 3.8) is 0 Å². The molecule has 1 amide bonds. The number of hydrogen-bond acceptors (Lipinski definition) is 3. The third kappa shape index (κ3) is 4.75. The van der Waals surface area contributed by atoms with Crippen LogP contribution in [0.3, 0.4) is 0 Å². The van der Waals surface area contributed by atoms with Crippen LogP contribution in [-0.2, 0) is 4.79 Å². The summed E-state index contributed by atoms with van der Waals surface area (Å²) in [4.78, 5) is 15.6. The minimum Gasteiger partial charge on any atom is -0.338 e. The lowest BCUT2D eigenvalue weighted by atomic mass is 9.92. The zero-order valence-corrected chi connectivity index (χ0v) is 13.9. The first-order valence-electron chi connectivity index (χ1n) is 7.79. The number of aryl methyl sites for hydroxylation is 1. The first-order valence-corrected chi connectivity index (χ1v) is 8.77. The van der Waals surface area contributed by atoms with Gasteiger partial charge in [0.2, 0.25) is 5.91 Å². The summed E-state index contributed by atoms with van der Waals surface area (Å²) < 4.78 is 0. The maximum Gasteiger partial charge on any atom is 0.223 e. The van der Waals surface area contributed by atoms with E-state index in [0.29, 0.717) is 18.9 Å². The molecule has 1 heterocycles. The van der Waals surface area contributed by atoms with Crippen LogP contribution in [0.5, 0.6) is 0 Å². The summed E-state index contributed by atoms with van der Waals surface area (Å²) in [6, 6.07) is 8.71. The molecular formula is C17H26N2OS. The van der Waals surface area contributed by atoms with Crippen molar-refractivity contribution in [3.05, 3.63) is 29.8 Å². The van der Waals surface area contributed by atoms with Crippen LogP contribution in [0.4, 0.5) is 0 Å². The van der Waals surface area contributed by atoms with Crippen LogP contribution in [0.1, 0.15) is 31.7 Å². The Labute approximate surface area is 132 Å². The second-order valence-corrected chi connectivity index (χ2v) is 7.19. The molecule has 0 saturated carbocycles. The molecule has 0 spiro atoms. The van der Waals surface area contributed by atoms with E-state index < -0.39 is 0 Å². The van der Waals surface area contributed by atoms with Gasteiger partial charge in [-0.15, -0.1) is 11.8 Å². The Balaban J connectivity index is 1.79. The lowest BCUT2D eigenvalue weighted by molar-refractivity contribution is -0.134. The third-order valence-electron chi connectivity index (χ3n) is 4.18. The topological polar surface area (TPSA) is 46.3 Å². The largest absolute Gasteiger partial charge is 0.338 e. The summed E-state index contributed by atoms with van der Waals surface area (Å²) in [5, 5.41) is 0. The highest BCUT2D eigenvalue weighted by atomic mass is 32.2. The monoisotopic (exact) mass is 306 g/mol. The molecule has 1 aromatic carbocycles. The van der Waals surface area contributed by atoms with E-state index in [1.807, 2.05) is 4.90 Å². The molecule has 0 aliphatic carbocycles. The van der Waals surface area contributed by atoms with Crippen molar-refractivity contribution in [1.29, 1.82) is 0 Å². The van der Waals surface area contributed by atoms with Crippen molar-refractivity contribution in [1.82, 2.24) is 4.90 Å². The fraction of sp³-hybridized carbons (Fsp3) is 0.588. The molecule has 1 fully saturated rings. The summed E-state index contributed by atoms with van der Waals surface area (Å²) in [5.74, 6) is 1.78. The Kier molecular flexibility index (Phi) is 6.12. The number of carbonyl (C=O) groups is 1. The number of hydrogen-bond donors (Lipinski definition) is 1. The van der Waals surface area contributed by atoms with Crippen LogP contribution in [0, 0.1) is 12.8 Å². The number of rotatable bonds is 5. The molecule has 0 aromatic heterocycles. The van der Waals surface area contributed by atoms with E-state index in [2.05, 4.69) is 38.1 Å². The molecule has 21 heavy (non-hydrogen) atoms. The van der Waals surface area contributed by atoms with Gasteiger partial charge in [-0.1, -0.05) is 24.6 Å². The number of piperidine rings is 1.